The molecule has 4 aliphatic heterocycles. The first-order chi connectivity index (χ1) is 61.4. The van der Waals surface area contributed by atoms with E-state index in [1.807, 2.05) is 52.0 Å². The van der Waals surface area contributed by atoms with Gasteiger partial charge in [0.15, 0.2) is 0 Å². The molecule has 43 heteroatoms. The number of esters is 2. The third-order valence-corrected chi connectivity index (χ3v) is 22.9. The number of amides is 9. The lowest BCUT2D eigenvalue weighted by atomic mass is 9.96. The zero-order chi connectivity index (χ0) is 94.1. The monoisotopic (exact) mass is 1950 g/mol. The number of ether oxygens (including phenoxy) is 12. The largest absolute Gasteiger partial charge is 0.458 e. The normalized spacial score (nSPS) is 16.1. The number of likely N-dealkylation sites (tertiary alicyclic amines) is 1. The van der Waals surface area contributed by atoms with Crippen molar-refractivity contribution in [2.75, 3.05) is 183 Å². The number of nitrogens with one attached hydrogen (secondary N) is 8. The molecule has 0 saturated carbocycles. The molecule has 0 unspecified atom stereocenters. The number of benzene rings is 2. The first-order valence-electron chi connectivity index (χ1n) is 44.0. The molecule has 8 rings (SSSR count). The highest BCUT2D eigenvalue weighted by Gasteiger charge is 2.44. The number of piperidine rings is 1. The van der Waals surface area contributed by atoms with Crippen LogP contribution in [0.4, 0.5) is 14.4 Å². The van der Waals surface area contributed by atoms with Crippen molar-refractivity contribution in [2.45, 2.75) is 189 Å². The van der Waals surface area contributed by atoms with Gasteiger partial charge in [-0.3, -0.25) is 44.6 Å². The molecule has 4 aliphatic rings. The molecule has 4 saturated heterocycles. The fourth-order valence-corrected chi connectivity index (χ4v) is 15.2. The molecule has 4 aromatic rings. The minimum absolute atomic E-state index is 0. The Hall–Kier alpha value is -8.32. The lowest BCUT2D eigenvalue weighted by molar-refractivity contribution is -0.159. The second-order valence-electron chi connectivity index (χ2n) is 34.7. The average molecular weight is 1960 g/mol. The quantitative estimate of drug-likeness (QED) is 0.0165. The maximum Gasteiger partial charge on any atom is 0.415 e. The Balaban J connectivity index is 0.00000303. The van der Waals surface area contributed by atoms with Gasteiger partial charge in [0, 0.05) is 172 Å². The third-order valence-electron chi connectivity index (χ3n) is 19.8. The van der Waals surface area contributed by atoms with Gasteiger partial charge in [-0.2, -0.15) is 0 Å². The van der Waals surface area contributed by atoms with Crippen molar-refractivity contribution < 1.29 is 127 Å². The van der Waals surface area contributed by atoms with Gasteiger partial charge in [0.25, 0.3) is 0 Å². The zero-order valence-corrected chi connectivity index (χ0v) is 82.4. The number of hydrogen-bond acceptors (Lipinski definition) is 30. The Labute approximate surface area is 801 Å². The fourth-order valence-electron chi connectivity index (χ4n) is 12.9. The summed E-state index contributed by atoms with van der Waals surface area (Å²) in [6.45, 7) is 31.9. The van der Waals surface area contributed by atoms with Crippen LogP contribution < -0.4 is 52.0 Å². The highest BCUT2D eigenvalue weighted by molar-refractivity contribution is 8.01. The molecule has 0 bridgehead atoms. The van der Waals surface area contributed by atoms with Gasteiger partial charge in [0.05, 0.1) is 92.5 Å². The summed E-state index contributed by atoms with van der Waals surface area (Å²) in [7, 11) is 0. The van der Waals surface area contributed by atoms with Crippen LogP contribution in [0.1, 0.15) is 133 Å². The van der Waals surface area contributed by atoms with Gasteiger partial charge < -0.3 is 125 Å². The second-order valence-corrected chi connectivity index (χ2v) is 39.0. The van der Waals surface area contributed by atoms with E-state index in [4.69, 9.17) is 56.8 Å². The first-order valence-corrected chi connectivity index (χ1v) is 46.9. The van der Waals surface area contributed by atoms with E-state index in [0.29, 0.717) is 174 Å². The molecule has 39 nitrogen and oxygen atoms in total. The molecule has 16 N–H and O–H groups in total. The Bertz CT molecular complexity index is 3750. The SMILES string of the molecule is CC(C)(COCCOCCCNC(=O)CCOCCOCCNC(=O)C1CCN(C(=O)Oc2ccc(C[C@H](NC(=O)[C@H]3NCSC3(C)C)C(=O)OC(C)(C)C)cc2)CC1)COCCOCCCNC(=O)CCOCCOCCNC(=O)N1CCN(C(=O)Oc2ccc(C[C@H](NC(=O)[C@H]3NCSC3(C)C)C(=O)OC(C)(C)C)cc2)CC1.O.O.O.O.Sc1cccnc1.Sc1cccnc1. The summed E-state index contributed by atoms with van der Waals surface area (Å²) in [6.07, 6.45) is 8.79. The van der Waals surface area contributed by atoms with Crippen LogP contribution in [0.3, 0.4) is 0 Å². The van der Waals surface area contributed by atoms with Crippen molar-refractivity contribution >= 4 is 108 Å². The first kappa shape index (κ1) is 121. The predicted molar refractivity (Wildman–Crippen MR) is 511 cm³/mol. The Kier molecular flexibility index (Phi) is 58.7. The average Bonchev–Trinajstić information content (AvgIpc) is 1.71. The molecule has 9 amide bonds. The minimum Gasteiger partial charge on any atom is -0.458 e. The molecule has 0 radical (unpaired) electrons. The summed E-state index contributed by atoms with van der Waals surface area (Å²) in [4.78, 5) is 144. The van der Waals surface area contributed by atoms with E-state index in [0.717, 1.165) is 20.9 Å². The molecule has 0 spiro atoms. The molecule has 4 atom stereocenters. The minimum atomic E-state index is -0.933. The number of hydrogen-bond donors (Lipinski definition) is 10. The van der Waals surface area contributed by atoms with Crippen LogP contribution in [-0.2, 0) is 93.8 Å². The molecular formula is C90H147N13O26S4. The summed E-state index contributed by atoms with van der Waals surface area (Å²) in [5.74, 6) is -0.367. The van der Waals surface area contributed by atoms with E-state index in [1.165, 1.54) is 4.90 Å². The number of aromatic nitrogens is 2. The summed E-state index contributed by atoms with van der Waals surface area (Å²) >= 11 is 11.3. The van der Waals surface area contributed by atoms with E-state index in [-0.39, 0.29) is 150 Å². The number of pyridine rings is 2. The highest BCUT2D eigenvalue weighted by Crippen LogP contribution is 2.35. The highest BCUT2D eigenvalue weighted by atomic mass is 32.2. The molecule has 133 heavy (non-hydrogen) atoms. The smallest absolute Gasteiger partial charge is 0.415 e. The van der Waals surface area contributed by atoms with Crippen molar-refractivity contribution in [2.24, 2.45) is 11.3 Å². The topological polar surface area (TPSA) is 539 Å². The number of rotatable bonds is 49. The number of carbonyl (C=O) groups is 10. The number of urea groups is 1. The zero-order valence-electron chi connectivity index (χ0n) is 79.0. The van der Waals surface area contributed by atoms with Gasteiger partial charge in [0.1, 0.15) is 46.9 Å². The second kappa shape index (κ2) is 64.7. The summed E-state index contributed by atoms with van der Waals surface area (Å²) < 4.78 is 67.2. The van der Waals surface area contributed by atoms with Crippen molar-refractivity contribution in [1.29, 1.82) is 0 Å². The van der Waals surface area contributed by atoms with Crippen molar-refractivity contribution in [1.82, 2.24) is 67.2 Å². The van der Waals surface area contributed by atoms with Crippen molar-refractivity contribution in [3.63, 3.8) is 0 Å². The maximum atomic E-state index is 13.3. The number of thiol groups is 2. The van der Waals surface area contributed by atoms with Gasteiger partial charge in [-0.15, -0.1) is 48.8 Å². The Morgan fingerprint density at radius 1 is 0.444 bits per heavy atom. The summed E-state index contributed by atoms with van der Waals surface area (Å²) in [5, 5.41) is 23.7. The summed E-state index contributed by atoms with van der Waals surface area (Å²) in [5.41, 5.74) is -0.251. The number of piperazine rings is 1. The molecule has 4 fully saturated rings. The van der Waals surface area contributed by atoms with Gasteiger partial charge in [0.2, 0.25) is 29.5 Å². The van der Waals surface area contributed by atoms with Crippen LogP contribution in [0.25, 0.3) is 0 Å². The van der Waals surface area contributed by atoms with Crippen LogP contribution in [0.15, 0.2) is 107 Å². The molecule has 2 aromatic heterocycles. The van der Waals surface area contributed by atoms with Crippen molar-refractivity contribution in [3.05, 3.63) is 109 Å². The lowest BCUT2D eigenvalue weighted by Gasteiger charge is -2.34. The van der Waals surface area contributed by atoms with E-state index >= 15 is 0 Å². The molecule has 0 aliphatic carbocycles. The lowest BCUT2D eigenvalue weighted by Crippen LogP contribution is -2.55. The molecular weight excluding hydrogens is 1810 g/mol. The Morgan fingerprint density at radius 2 is 0.805 bits per heavy atom. The molecule has 752 valence electrons. The fraction of sp³-hybridized carbons (Fsp3) is 0.644. The molecule has 6 heterocycles. The van der Waals surface area contributed by atoms with Crippen LogP contribution >= 0.6 is 48.8 Å². The van der Waals surface area contributed by atoms with Crippen LogP contribution in [0, 0.1) is 11.3 Å². The van der Waals surface area contributed by atoms with E-state index in [2.05, 4.69) is 91.6 Å². The maximum absolute atomic E-state index is 13.3. The summed E-state index contributed by atoms with van der Waals surface area (Å²) in [6, 6.07) is 17.9. The number of carbonyl (C=O) groups excluding carboxylic acids is 10. The van der Waals surface area contributed by atoms with Crippen LogP contribution in [0.2, 0.25) is 0 Å². The number of nitrogens with zero attached hydrogens (tertiary/aromatic N) is 5. The van der Waals surface area contributed by atoms with E-state index in [9.17, 15) is 47.9 Å². The Morgan fingerprint density at radius 3 is 1.16 bits per heavy atom. The standard InChI is InChI=1S/C80H129N11O22S2.2C5H5NS.4H2O/c1-76(2,3)112-71(97)62(87-69(95)66-79(9,10)114-55-85-66)51-57-15-19-60(20-16-57)110-74(100)90-31-23-59(24-32-90)68(94)83-29-41-106-45-43-104-39-25-64(92)81-27-13-37-102-47-49-108-53-78(7,8)54-109-50-48-103-38-14-28-82-65(93)26-40-105-44-46-107-42-30-84-73(99)89-33-35-91(36-34-89)75(101)111-61-21-17-58(18-22-61)52-63(72(98)113-77(4,5)6)88-70(96)67-80(11,12)115-56-86-67;2*7-5-2-1-3-6-4-5;;;;/h15-22,59,62-63,66-67,85-86H,13-14,23-56H2,1-12H3,(H,81,92)(H,82,93)(H,83,94)(H,84,99)(H,87,95)(H,88,96);2*1-4,7H;4*1H2/t62-,63-,66+,67+;;;;;;/m0....../s1. The van der Waals surface area contributed by atoms with Gasteiger partial charge in [-0.05, 0) is 155 Å². The van der Waals surface area contributed by atoms with Crippen LogP contribution in [0.5, 0.6) is 11.5 Å². The van der Waals surface area contributed by atoms with Gasteiger partial charge in [-0.25, -0.2) is 24.0 Å². The van der Waals surface area contributed by atoms with E-state index < -0.39 is 59.5 Å². The third kappa shape index (κ3) is 50.9. The van der Waals surface area contributed by atoms with Gasteiger partial charge >= 0.3 is 30.2 Å². The molecule has 2 aromatic carbocycles. The predicted octanol–water partition coefficient (Wildman–Crippen LogP) is 4.55. The van der Waals surface area contributed by atoms with Crippen LogP contribution in [-0.4, -0.2) is 334 Å². The van der Waals surface area contributed by atoms with E-state index in [1.54, 1.807) is 148 Å². The van der Waals surface area contributed by atoms with Gasteiger partial charge in [-0.1, -0.05) is 38.1 Å². The van der Waals surface area contributed by atoms with Crippen molar-refractivity contribution in [3.8, 4) is 11.5 Å². The number of thioether (sulfide) groups is 2.